The van der Waals surface area contributed by atoms with Gasteiger partial charge in [0.25, 0.3) is 0 Å². The van der Waals surface area contributed by atoms with Crippen LogP contribution in [0.5, 0.6) is 0 Å². The average molecular weight is 343 g/mol. The van der Waals surface area contributed by atoms with Crippen LogP contribution in [0.4, 0.5) is 5.69 Å². The molecule has 2 aliphatic rings. The molecule has 0 N–H and O–H groups in total. The number of piperidine rings is 1. The number of thiazole rings is 1. The number of anilines is 1. The summed E-state index contributed by atoms with van der Waals surface area (Å²) in [6, 6.07) is 10.7. The first-order chi connectivity index (χ1) is 11.7. The maximum atomic E-state index is 6.33. The molecular formula is C19H25N3OS. The Morgan fingerprint density at radius 1 is 1.21 bits per heavy atom. The molecule has 0 radical (unpaired) electrons. The molecule has 1 spiro atoms. The predicted octanol–water partition coefficient (Wildman–Crippen LogP) is 3.32. The number of para-hydroxylation sites is 1. The third-order valence-electron chi connectivity index (χ3n) is 5.04. The van der Waals surface area contributed by atoms with Gasteiger partial charge in [-0.2, -0.15) is 0 Å². The van der Waals surface area contributed by atoms with Crippen LogP contribution in [0, 0.1) is 6.92 Å². The molecule has 1 aromatic heterocycles. The Morgan fingerprint density at radius 2 is 2.08 bits per heavy atom. The zero-order valence-corrected chi connectivity index (χ0v) is 15.1. The predicted molar refractivity (Wildman–Crippen MR) is 98.7 cm³/mol. The maximum absolute atomic E-state index is 6.33. The van der Waals surface area contributed by atoms with E-state index in [0.717, 1.165) is 50.8 Å². The van der Waals surface area contributed by atoms with Crippen LogP contribution in [0.1, 0.15) is 23.5 Å². The van der Waals surface area contributed by atoms with Crippen molar-refractivity contribution in [2.24, 2.45) is 0 Å². The largest absolute Gasteiger partial charge is 0.370 e. The van der Waals surface area contributed by atoms with Crippen molar-refractivity contribution in [3.05, 3.63) is 46.4 Å². The molecule has 1 unspecified atom stereocenters. The molecule has 2 aromatic rings. The van der Waals surface area contributed by atoms with Crippen molar-refractivity contribution < 1.29 is 4.74 Å². The van der Waals surface area contributed by atoms with Gasteiger partial charge in [-0.05, 0) is 31.9 Å². The summed E-state index contributed by atoms with van der Waals surface area (Å²) in [6.45, 7) is 7.97. The van der Waals surface area contributed by atoms with E-state index in [2.05, 4.69) is 57.4 Å². The zero-order valence-electron chi connectivity index (χ0n) is 14.3. The highest BCUT2D eigenvalue weighted by Gasteiger charge is 2.40. The molecular weight excluding hydrogens is 318 g/mol. The van der Waals surface area contributed by atoms with Crippen molar-refractivity contribution in [2.75, 3.05) is 37.7 Å². The Balaban J connectivity index is 1.45. The fourth-order valence-electron chi connectivity index (χ4n) is 3.97. The standard InChI is InChI=1S/C19H25N3OS/c1-16-20-17(13-24-16)12-21-10-11-23-19(14-21)8-5-9-22(15-19)18-6-3-2-4-7-18/h2-4,6-7,13H,5,8-12,14-15H2,1H3. The third kappa shape index (κ3) is 3.48. The Kier molecular flexibility index (Phi) is 4.57. The van der Waals surface area contributed by atoms with E-state index in [0.29, 0.717) is 0 Å². The SMILES string of the molecule is Cc1nc(CN2CCOC3(CCCN(c4ccccc4)C3)C2)cs1. The fraction of sp³-hybridized carbons (Fsp3) is 0.526. The van der Waals surface area contributed by atoms with Crippen molar-refractivity contribution in [3.63, 3.8) is 0 Å². The van der Waals surface area contributed by atoms with Gasteiger partial charge in [-0.1, -0.05) is 18.2 Å². The average Bonchev–Trinajstić information content (AvgIpc) is 3.01. The molecule has 0 aliphatic carbocycles. The van der Waals surface area contributed by atoms with Crippen LogP contribution in [0.25, 0.3) is 0 Å². The van der Waals surface area contributed by atoms with E-state index >= 15 is 0 Å². The smallest absolute Gasteiger partial charge is 0.0983 e. The number of benzene rings is 1. The molecule has 2 fully saturated rings. The van der Waals surface area contributed by atoms with Gasteiger partial charge >= 0.3 is 0 Å². The minimum absolute atomic E-state index is 0.0303. The van der Waals surface area contributed by atoms with Crippen LogP contribution < -0.4 is 4.90 Å². The maximum Gasteiger partial charge on any atom is 0.0983 e. The van der Waals surface area contributed by atoms with Crippen LogP contribution in [-0.2, 0) is 11.3 Å². The lowest BCUT2D eigenvalue weighted by Gasteiger charge is -2.48. The van der Waals surface area contributed by atoms with Gasteiger partial charge in [-0.3, -0.25) is 4.90 Å². The first-order valence-electron chi connectivity index (χ1n) is 8.80. The van der Waals surface area contributed by atoms with Gasteiger partial charge in [0.05, 0.1) is 22.9 Å². The van der Waals surface area contributed by atoms with Crippen LogP contribution in [0.15, 0.2) is 35.7 Å². The van der Waals surface area contributed by atoms with E-state index in [-0.39, 0.29) is 5.60 Å². The number of aryl methyl sites for hydroxylation is 1. The number of ether oxygens (including phenoxy) is 1. The van der Waals surface area contributed by atoms with Gasteiger partial charge in [0.1, 0.15) is 0 Å². The molecule has 2 saturated heterocycles. The lowest BCUT2D eigenvalue weighted by molar-refractivity contribution is -0.116. The zero-order chi connectivity index (χ0) is 16.4. The van der Waals surface area contributed by atoms with Crippen molar-refractivity contribution >= 4 is 17.0 Å². The number of hydrogen-bond acceptors (Lipinski definition) is 5. The topological polar surface area (TPSA) is 28.6 Å². The molecule has 1 atom stereocenters. The van der Waals surface area contributed by atoms with Crippen molar-refractivity contribution in [3.8, 4) is 0 Å². The molecule has 5 heteroatoms. The molecule has 128 valence electrons. The van der Waals surface area contributed by atoms with E-state index in [9.17, 15) is 0 Å². The van der Waals surface area contributed by atoms with Gasteiger partial charge in [0, 0.05) is 43.8 Å². The normalized spacial score (nSPS) is 25.3. The van der Waals surface area contributed by atoms with E-state index in [1.165, 1.54) is 17.8 Å². The van der Waals surface area contributed by atoms with Crippen LogP contribution >= 0.6 is 11.3 Å². The first kappa shape index (κ1) is 16.1. The van der Waals surface area contributed by atoms with Gasteiger partial charge in [-0.15, -0.1) is 11.3 Å². The Hall–Kier alpha value is -1.43. The fourth-order valence-corrected chi connectivity index (χ4v) is 4.58. The molecule has 4 rings (SSSR count). The summed E-state index contributed by atoms with van der Waals surface area (Å²) < 4.78 is 6.33. The summed E-state index contributed by atoms with van der Waals surface area (Å²) in [5.41, 5.74) is 2.48. The van der Waals surface area contributed by atoms with Crippen molar-refractivity contribution in [1.29, 1.82) is 0 Å². The second kappa shape index (κ2) is 6.82. The van der Waals surface area contributed by atoms with Crippen molar-refractivity contribution in [2.45, 2.75) is 31.9 Å². The third-order valence-corrected chi connectivity index (χ3v) is 5.86. The summed E-state index contributed by atoms with van der Waals surface area (Å²) >= 11 is 1.74. The molecule has 2 aliphatic heterocycles. The first-order valence-corrected chi connectivity index (χ1v) is 9.68. The summed E-state index contributed by atoms with van der Waals surface area (Å²) in [7, 11) is 0. The van der Waals surface area contributed by atoms with Gasteiger partial charge in [0.2, 0.25) is 0 Å². The highest BCUT2D eigenvalue weighted by molar-refractivity contribution is 7.09. The van der Waals surface area contributed by atoms with Crippen LogP contribution in [-0.4, -0.2) is 48.3 Å². The van der Waals surface area contributed by atoms with Gasteiger partial charge in [-0.25, -0.2) is 4.98 Å². The van der Waals surface area contributed by atoms with E-state index in [1.807, 2.05) is 0 Å². The van der Waals surface area contributed by atoms with E-state index < -0.39 is 0 Å². The Morgan fingerprint density at radius 3 is 2.88 bits per heavy atom. The Labute approximate surface area is 148 Å². The second-order valence-electron chi connectivity index (χ2n) is 6.96. The number of rotatable bonds is 3. The van der Waals surface area contributed by atoms with E-state index in [1.54, 1.807) is 11.3 Å². The number of morpholine rings is 1. The summed E-state index contributed by atoms with van der Waals surface area (Å²) in [5, 5.41) is 3.34. The van der Waals surface area contributed by atoms with Gasteiger partial charge in [0.15, 0.2) is 0 Å². The van der Waals surface area contributed by atoms with Crippen LogP contribution in [0.3, 0.4) is 0 Å². The highest BCUT2D eigenvalue weighted by atomic mass is 32.1. The monoisotopic (exact) mass is 343 g/mol. The highest BCUT2D eigenvalue weighted by Crippen LogP contribution is 2.32. The van der Waals surface area contributed by atoms with E-state index in [4.69, 9.17) is 4.74 Å². The number of hydrogen-bond donors (Lipinski definition) is 0. The molecule has 0 saturated carbocycles. The molecule has 0 bridgehead atoms. The summed E-state index contributed by atoms with van der Waals surface area (Å²) in [5.74, 6) is 0. The van der Waals surface area contributed by atoms with Crippen molar-refractivity contribution in [1.82, 2.24) is 9.88 Å². The lowest BCUT2D eigenvalue weighted by atomic mass is 9.90. The second-order valence-corrected chi connectivity index (χ2v) is 8.02. The summed E-state index contributed by atoms with van der Waals surface area (Å²) in [6.07, 6.45) is 2.35. The van der Waals surface area contributed by atoms with Crippen LogP contribution in [0.2, 0.25) is 0 Å². The minimum Gasteiger partial charge on any atom is -0.370 e. The van der Waals surface area contributed by atoms with Gasteiger partial charge < -0.3 is 9.64 Å². The Bertz CT molecular complexity index is 670. The minimum atomic E-state index is -0.0303. The summed E-state index contributed by atoms with van der Waals surface area (Å²) in [4.78, 5) is 9.63. The molecule has 4 nitrogen and oxygen atoms in total. The molecule has 3 heterocycles. The molecule has 1 aromatic carbocycles. The lowest BCUT2D eigenvalue weighted by Crippen LogP contribution is -2.59. The molecule has 0 amide bonds. The number of aromatic nitrogens is 1. The molecule has 24 heavy (non-hydrogen) atoms. The quantitative estimate of drug-likeness (QED) is 0.855. The number of nitrogens with zero attached hydrogens (tertiary/aromatic N) is 3.